The SMILES string of the molecule is O=C(CN1C(=O)[C@@H]2[C@H](C1=O)[C@H]1C=C[C@H]2C1)Nc1ccnn1Cc1cccc(Cl)c1. The summed E-state index contributed by atoms with van der Waals surface area (Å²) < 4.78 is 1.63. The zero-order chi connectivity index (χ0) is 20.1. The minimum Gasteiger partial charge on any atom is -0.309 e. The lowest BCUT2D eigenvalue weighted by atomic mass is 9.85. The number of hydrogen-bond donors (Lipinski definition) is 1. The van der Waals surface area contributed by atoms with Crippen LogP contribution < -0.4 is 5.32 Å². The van der Waals surface area contributed by atoms with Crippen molar-refractivity contribution in [1.82, 2.24) is 14.7 Å². The number of aromatic nitrogens is 2. The van der Waals surface area contributed by atoms with Gasteiger partial charge in [0.1, 0.15) is 12.4 Å². The number of amides is 3. The number of nitrogens with zero attached hydrogens (tertiary/aromatic N) is 3. The van der Waals surface area contributed by atoms with E-state index >= 15 is 0 Å². The molecule has 29 heavy (non-hydrogen) atoms. The van der Waals surface area contributed by atoms with Crippen LogP contribution in [0, 0.1) is 23.7 Å². The number of benzene rings is 1. The minimum atomic E-state index is -0.417. The Morgan fingerprint density at radius 2 is 1.86 bits per heavy atom. The third-order valence-electron chi connectivity index (χ3n) is 6.07. The first-order chi connectivity index (χ1) is 14.0. The highest BCUT2D eigenvalue weighted by atomic mass is 35.5. The van der Waals surface area contributed by atoms with E-state index in [1.807, 2.05) is 30.4 Å². The second-order valence-corrected chi connectivity index (χ2v) is 8.25. The van der Waals surface area contributed by atoms with Gasteiger partial charge in [-0.15, -0.1) is 0 Å². The van der Waals surface area contributed by atoms with Gasteiger partial charge in [-0.25, -0.2) is 4.68 Å². The van der Waals surface area contributed by atoms with Crippen molar-refractivity contribution < 1.29 is 14.4 Å². The van der Waals surface area contributed by atoms with Crippen molar-refractivity contribution in [2.75, 3.05) is 11.9 Å². The second kappa shape index (κ2) is 6.84. The molecule has 2 aromatic rings. The van der Waals surface area contributed by atoms with Crippen LogP contribution in [0.3, 0.4) is 0 Å². The summed E-state index contributed by atoms with van der Waals surface area (Å²) in [4.78, 5) is 39.2. The molecule has 1 saturated heterocycles. The molecule has 1 N–H and O–H groups in total. The van der Waals surface area contributed by atoms with Gasteiger partial charge in [0.15, 0.2) is 0 Å². The minimum absolute atomic E-state index is 0.133. The van der Waals surface area contributed by atoms with E-state index < -0.39 is 5.91 Å². The van der Waals surface area contributed by atoms with E-state index in [0.29, 0.717) is 17.4 Å². The van der Waals surface area contributed by atoms with E-state index in [1.165, 1.54) is 0 Å². The van der Waals surface area contributed by atoms with Gasteiger partial charge in [0.25, 0.3) is 0 Å². The molecule has 3 amide bonds. The maximum Gasteiger partial charge on any atom is 0.245 e. The van der Waals surface area contributed by atoms with Crippen LogP contribution >= 0.6 is 11.6 Å². The van der Waals surface area contributed by atoms with Crippen molar-refractivity contribution in [3.63, 3.8) is 0 Å². The summed E-state index contributed by atoms with van der Waals surface area (Å²) in [6, 6.07) is 9.06. The number of carbonyl (C=O) groups excluding carboxylic acids is 3. The molecule has 2 fully saturated rings. The summed E-state index contributed by atoms with van der Waals surface area (Å²) in [5, 5.41) is 7.62. The van der Waals surface area contributed by atoms with Crippen LogP contribution in [0.15, 0.2) is 48.7 Å². The van der Waals surface area contributed by atoms with Gasteiger partial charge in [-0.05, 0) is 36.0 Å². The summed E-state index contributed by atoms with van der Waals surface area (Å²) in [7, 11) is 0. The molecule has 1 aromatic heterocycles. The van der Waals surface area contributed by atoms with Crippen LogP contribution in [-0.2, 0) is 20.9 Å². The maximum atomic E-state index is 12.7. The number of fused-ring (bicyclic) bond motifs is 5. The molecule has 1 saturated carbocycles. The molecule has 8 heteroatoms. The molecule has 7 nitrogen and oxygen atoms in total. The van der Waals surface area contributed by atoms with E-state index in [-0.39, 0.29) is 42.0 Å². The van der Waals surface area contributed by atoms with Gasteiger partial charge in [-0.1, -0.05) is 35.9 Å². The molecule has 0 radical (unpaired) electrons. The number of anilines is 1. The van der Waals surface area contributed by atoms with Gasteiger partial charge in [0.2, 0.25) is 17.7 Å². The fraction of sp³-hybridized carbons (Fsp3) is 0.333. The number of carbonyl (C=O) groups is 3. The predicted octanol–water partition coefficient (Wildman–Crippen LogP) is 2.33. The Bertz CT molecular complexity index is 1020. The number of likely N-dealkylation sites (tertiary alicyclic amines) is 1. The number of nitrogens with one attached hydrogen (secondary N) is 1. The average Bonchev–Trinajstić information content (AvgIpc) is 3.45. The molecule has 4 atom stereocenters. The lowest BCUT2D eigenvalue weighted by molar-refractivity contribution is -0.143. The molecule has 2 heterocycles. The summed E-state index contributed by atoms with van der Waals surface area (Å²) >= 11 is 6.02. The summed E-state index contributed by atoms with van der Waals surface area (Å²) in [6.07, 6.45) is 6.53. The number of hydrogen-bond acceptors (Lipinski definition) is 4. The number of halogens is 1. The Kier molecular flexibility index (Phi) is 4.28. The smallest absolute Gasteiger partial charge is 0.245 e. The summed E-state index contributed by atoms with van der Waals surface area (Å²) in [6.45, 7) is 0.163. The highest BCUT2D eigenvalue weighted by Crippen LogP contribution is 2.52. The van der Waals surface area contributed by atoms with Crippen LogP contribution in [0.1, 0.15) is 12.0 Å². The monoisotopic (exact) mass is 410 g/mol. The topological polar surface area (TPSA) is 84.3 Å². The van der Waals surface area contributed by atoms with Crippen molar-refractivity contribution >= 4 is 35.1 Å². The summed E-state index contributed by atoms with van der Waals surface area (Å²) in [5.41, 5.74) is 0.942. The van der Waals surface area contributed by atoms with Gasteiger partial charge >= 0.3 is 0 Å². The lowest BCUT2D eigenvalue weighted by Crippen LogP contribution is -2.39. The van der Waals surface area contributed by atoms with Crippen LogP contribution in [0.4, 0.5) is 5.82 Å². The Morgan fingerprint density at radius 3 is 2.55 bits per heavy atom. The predicted molar refractivity (Wildman–Crippen MR) is 106 cm³/mol. The molecule has 0 unspecified atom stereocenters. The third-order valence-corrected chi connectivity index (χ3v) is 6.30. The molecule has 148 valence electrons. The van der Waals surface area contributed by atoms with Gasteiger partial charge in [-0.3, -0.25) is 19.3 Å². The van der Waals surface area contributed by atoms with Crippen LogP contribution in [0.5, 0.6) is 0 Å². The van der Waals surface area contributed by atoms with Crippen molar-refractivity contribution in [3.8, 4) is 0 Å². The maximum absolute atomic E-state index is 12.7. The standard InChI is InChI=1S/C21H19ClN4O3/c22-15-3-1-2-12(8-15)10-26-16(6-7-23-26)24-17(27)11-25-20(28)18-13-4-5-14(9-13)19(18)21(25)29/h1-8,13-14,18-19H,9-11H2,(H,24,27)/t13-,14-,18-,19+/m0/s1. The van der Waals surface area contributed by atoms with E-state index in [9.17, 15) is 14.4 Å². The zero-order valence-corrected chi connectivity index (χ0v) is 16.2. The molecule has 3 aliphatic rings. The van der Waals surface area contributed by atoms with Gasteiger partial charge in [0, 0.05) is 11.1 Å². The molecular formula is C21H19ClN4O3. The van der Waals surface area contributed by atoms with Crippen LogP contribution in [-0.4, -0.2) is 38.9 Å². The van der Waals surface area contributed by atoms with Gasteiger partial charge in [0.05, 0.1) is 24.6 Å². The zero-order valence-electron chi connectivity index (χ0n) is 15.5. The lowest BCUT2D eigenvalue weighted by Gasteiger charge is -2.17. The fourth-order valence-electron chi connectivity index (χ4n) is 4.82. The first-order valence-corrected chi connectivity index (χ1v) is 9.99. The molecule has 1 aromatic carbocycles. The van der Waals surface area contributed by atoms with Crippen LogP contribution in [0.2, 0.25) is 5.02 Å². The Morgan fingerprint density at radius 1 is 1.14 bits per heavy atom. The molecule has 2 aliphatic carbocycles. The largest absolute Gasteiger partial charge is 0.309 e. The van der Waals surface area contributed by atoms with Gasteiger partial charge < -0.3 is 5.32 Å². The van der Waals surface area contributed by atoms with Gasteiger partial charge in [-0.2, -0.15) is 5.10 Å². The highest BCUT2D eigenvalue weighted by molar-refractivity contribution is 6.30. The van der Waals surface area contributed by atoms with Crippen molar-refractivity contribution in [3.05, 3.63) is 59.3 Å². The van der Waals surface area contributed by atoms with Crippen molar-refractivity contribution in [1.29, 1.82) is 0 Å². The average molecular weight is 411 g/mol. The summed E-state index contributed by atoms with van der Waals surface area (Å²) in [5.74, 6) is -0.686. The number of imide groups is 1. The normalized spacial score (nSPS) is 27.0. The fourth-order valence-corrected chi connectivity index (χ4v) is 5.03. The van der Waals surface area contributed by atoms with Crippen molar-refractivity contribution in [2.24, 2.45) is 23.7 Å². The van der Waals surface area contributed by atoms with E-state index in [2.05, 4.69) is 10.4 Å². The van der Waals surface area contributed by atoms with E-state index in [4.69, 9.17) is 11.6 Å². The Labute approximate surface area is 172 Å². The van der Waals surface area contributed by atoms with Crippen molar-refractivity contribution in [2.45, 2.75) is 13.0 Å². The molecule has 1 aliphatic heterocycles. The number of allylic oxidation sites excluding steroid dienone is 2. The quantitative estimate of drug-likeness (QED) is 0.605. The Balaban J connectivity index is 1.26. The molecular weight excluding hydrogens is 392 g/mol. The first kappa shape index (κ1) is 18.1. The van der Waals surface area contributed by atoms with E-state index in [1.54, 1.807) is 23.0 Å². The van der Waals surface area contributed by atoms with Crippen LogP contribution in [0.25, 0.3) is 0 Å². The highest BCUT2D eigenvalue weighted by Gasteiger charge is 2.59. The number of rotatable bonds is 5. The molecule has 2 bridgehead atoms. The third kappa shape index (κ3) is 3.06. The Hall–Kier alpha value is -2.93. The molecule has 5 rings (SSSR count). The second-order valence-electron chi connectivity index (χ2n) is 7.81. The first-order valence-electron chi connectivity index (χ1n) is 9.61. The molecule has 0 spiro atoms. The van der Waals surface area contributed by atoms with E-state index in [0.717, 1.165) is 16.9 Å².